The molecule has 0 atom stereocenters. The molecule has 6 heavy (non-hydrogen) atoms. The van der Waals surface area contributed by atoms with Crippen molar-refractivity contribution >= 4 is 0 Å². The van der Waals surface area contributed by atoms with E-state index in [-0.39, 0.29) is 31.7 Å². The van der Waals surface area contributed by atoms with Crippen molar-refractivity contribution in [3.8, 4) is 0 Å². The van der Waals surface area contributed by atoms with Gasteiger partial charge in [0.05, 0.1) is 0 Å². The summed E-state index contributed by atoms with van der Waals surface area (Å²) >= 11 is 0. The molecule has 0 aromatic heterocycles. The first-order valence-electron chi connectivity index (χ1n) is 1.75. The summed E-state index contributed by atoms with van der Waals surface area (Å²) in [5.74, 6) is 0. The number of nitrogens with one attached hydrogen (secondary N) is 1. The van der Waals surface area contributed by atoms with Gasteiger partial charge in [0.2, 0.25) is 0 Å². The maximum Gasteiger partial charge on any atom is 4.00 e. The molecule has 0 rings (SSSR count). The molecular formula is C4H10NZr+3. The Balaban J connectivity index is 0. The third kappa shape index (κ3) is 101. The molecule has 0 aliphatic carbocycles. The van der Waals surface area contributed by atoms with Crippen LogP contribution in [0.25, 0.3) is 5.73 Å². The molecule has 0 aliphatic heterocycles. The molecule has 0 saturated carbocycles. The minimum atomic E-state index is -0.250. The maximum atomic E-state index is 6.94. The Kier molecular flexibility index (Phi) is 4.86. The molecule has 0 heterocycles. The van der Waals surface area contributed by atoms with Crippen LogP contribution in [0.2, 0.25) is 0 Å². The van der Waals surface area contributed by atoms with Crippen molar-refractivity contribution in [2.45, 2.75) is 26.3 Å². The first-order valence-corrected chi connectivity index (χ1v) is 1.75. The van der Waals surface area contributed by atoms with Crippen molar-refractivity contribution in [3.63, 3.8) is 0 Å². The second-order valence-electron chi connectivity index (χ2n) is 2.25. The van der Waals surface area contributed by atoms with Crippen molar-refractivity contribution in [2.75, 3.05) is 0 Å². The SMILES string of the molecule is CC(C)(C)[NH-].[Zr+4]. The fourth-order valence-corrected chi connectivity index (χ4v) is 0. The fraction of sp³-hybridized carbons (Fsp3) is 1.00. The fourth-order valence-electron chi connectivity index (χ4n) is 0. The molecule has 0 unspecified atom stereocenters. The zero-order chi connectivity index (χ0) is 4.50. The zero-order valence-corrected chi connectivity index (χ0v) is 6.96. The van der Waals surface area contributed by atoms with E-state index in [0.29, 0.717) is 0 Å². The van der Waals surface area contributed by atoms with Crippen molar-refractivity contribution < 1.29 is 26.2 Å². The smallest absolute Gasteiger partial charge is 0.673 e. The molecule has 0 fully saturated rings. The van der Waals surface area contributed by atoms with Crippen molar-refractivity contribution in [3.05, 3.63) is 5.73 Å². The number of hydrogen-bond acceptors (Lipinski definition) is 0. The normalized spacial score (nSPS) is 10.0. The maximum absolute atomic E-state index is 6.94. The van der Waals surface area contributed by atoms with E-state index in [1.54, 1.807) is 0 Å². The Labute approximate surface area is 58.4 Å². The van der Waals surface area contributed by atoms with E-state index in [0.717, 1.165) is 0 Å². The molecule has 0 bridgehead atoms. The van der Waals surface area contributed by atoms with Crippen LogP contribution in [-0.2, 0) is 26.2 Å². The molecule has 0 aromatic rings. The summed E-state index contributed by atoms with van der Waals surface area (Å²) < 4.78 is 0. The van der Waals surface area contributed by atoms with Crippen molar-refractivity contribution in [2.24, 2.45) is 0 Å². The van der Waals surface area contributed by atoms with Gasteiger partial charge in [-0.15, -0.1) is 5.54 Å². The van der Waals surface area contributed by atoms with Crippen LogP contribution >= 0.6 is 0 Å². The van der Waals surface area contributed by atoms with E-state index in [9.17, 15) is 0 Å². The van der Waals surface area contributed by atoms with Crippen molar-refractivity contribution in [1.29, 1.82) is 0 Å². The standard InChI is InChI=1S/C4H10N.Zr/c1-4(2,3)5;/h5H,1-3H3;/q-1;+4. The quantitative estimate of drug-likeness (QED) is 0.520. The zero-order valence-electron chi connectivity index (χ0n) is 4.50. The van der Waals surface area contributed by atoms with Gasteiger partial charge in [-0.3, -0.25) is 0 Å². The second-order valence-corrected chi connectivity index (χ2v) is 2.25. The van der Waals surface area contributed by atoms with Gasteiger partial charge in [-0.2, -0.15) is 0 Å². The average Bonchev–Trinajstić information content (AvgIpc) is 0.722. The summed E-state index contributed by atoms with van der Waals surface area (Å²) in [4.78, 5) is 0. The molecule has 0 aliphatic rings. The molecule has 2 heteroatoms. The minimum absolute atomic E-state index is 0. The largest absolute Gasteiger partial charge is 4.00 e. The summed E-state index contributed by atoms with van der Waals surface area (Å²) in [6, 6.07) is 0. The van der Waals surface area contributed by atoms with E-state index in [2.05, 4.69) is 0 Å². The molecule has 0 saturated heterocycles. The van der Waals surface area contributed by atoms with Crippen molar-refractivity contribution in [1.82, 2.24) is 0 Å². The first-order chi connectivity index (χ1) is 2.00. The molecule has 0 amide bonds. The van der Waals surface area contributed by atoms with Gasteiger partial charge < -0.3 is 5.73 Å². The van der Waals surface area contributed by atoms with E-state index in [1.807, 2.05) is 20.8 Å². The first kappa shape index (κ1) is 9.96. The predicted molar refractivity (Wildman–Crippen MR) is 24.1 cm³/mol. The van der Waals surface area contributed by atoms with Crippen LogP contribution < -0.4 is 0 Å². The van der Waals surface area contributed by atoms with E-state index in [4.69, 9.17) is 5.73 Å². The topological polar surface area (TPSA) is 23.8 Å². The Morgan fingerprint density at radius 3 is 1.17 bits per heavy atom. The summed E-state index contributed by atoms with van der Waals surface area (Å²) in [5, 5.41) is 0. The predicted octanol–water partition coefficient (Wildman–Crippen LogP) is 1.83. The number of hydrogen-bond donors (Lipinski definition) is 0. The van der Waals surface area contributed by atoms with Crippen LogP contribution in [0.3, 0.4) is 0 Å². The van der Waals surface area contributed by atoms with Crippen LogP contribution in [0.5, 0.6) is 0 Å². The Hall–Kier alpha value is 0.843. The Morgan fingerprint density at radius 1 is 1.17 bits per heavy atom. The van der Waals surface area contributed by atoms with Gasteiger partial charge in [0.15, 0.2) is 0 Å². The van der Waals surface area contributed by atoms with Gasteiger partial charge in [0.1, 0.15) is 0 Å². The van der Waals surface area contributed by atoms with Crippen LogP contribution in [0.15, 0.2) is 0 Å². The minimum Gasteiger partial charge on any atom is -0.673 e. The Morgan fingerprint density at radius 2 is 1.17 bits per heavy atom. The van der Waals surface area contributed by atoms with E-state index in [1.165, 1.54) is 0 Å². The third-order valence-corrected chi connectivity index (χ3v) is 0. The second kappa shape index (κ2) is 2.93. The van der Waals surface area contributed by atoms with Gasteiger partial charge >= 0.3 is 26.2 Å². The van der Waals surface area contributed by atoms with Gasteiger partial charge in [-0.25, -0.2) is 0 Å². The average molecular weight is 163 g/mol. The molecule has 0 aromatic carbocycles. The third-order valence-electron chi connectivity index (χ3n) is 0. The van der Waals surface area contributed by atoms with E-state index < -0.39 is 0 Å². The van der Waals surface area contributed by atoms with Crippen LogP contribution in [-0.4, -0.2) is 5.54 Å². The molecular weight excluding hydrogens is 153 g/mol. The molecule has 0 radical (unpaired) electrons. The molecule has 1 nitrogen and oxygen atoms in total. The molecule has 32 valence electrons. The van der Waals surface area contributed by atoms with Crippen LogP contribution in [0, 0.1) is 0 Å². The summed E-state index contributed by atoms with van der Waals surface area (Å²) in [7, 11) is 0. The number of rotatable bonds is 0. The van der Waals surface area contributed by atoms with Gasteiger partial charge in [-0.05, 0) is 0 Å². The monoisotopic (exact) mass is 162 g/mol. The van der Waals surface area contributed by atoms with Crippen LogP contribution in [0.1, 0.15) is 20.8 Å². The Bertz CT molecular complexity index is 23.0. The summed E-state index contributed by atoms with van der Waals surface area (Å²) in [6.45, 7) is 5.56. The van der Waals surface area contributed by atoms with Gasteiger partial charge in [0, 0.05) is 0 Å². The molecule has 1 N–H and O–H groups in total. The molecule has 0 spiro atoms. The van der Waals surface area contributed by atoms with Gasteiger partial charge in [-0.1, -0.05) is 20.8 Å². The van der Waals surface area contributed by atoms with Crippen LogP contribution in [0.4, 0.5) is 0 Å². The van der Waals surface area contributed by atoms with E-state index >= 15 is 0 Å². The summed E-state index contributed by atoms with van der Waals surface area (Å²) in [6.07, 6.45) is 0. The van der Waals surface area contributed by atoms with Gasteiger partial charge in [0.25, 0.3) is 0 Å². The summed E-state index contributed by atoms with van der Waals surface area (Å²) in [5.41, 5.74) is 6.69.